The minimum Gasteiger partial charge on any atom is -1.00 e. The normalized spacial score (nSPS) is 30.8. The van der Waals surface area contributed by atoms with Crippen molar-refractivity contribution < 1.29 is 31.1 Å². The zero-order valence-corrected chi connectivity index (χ0v) is 17.4. The topological polar surface area (TPSA) is 35.1 Å². The van der Waals surface area contributed by atoms with Gasteiger partial charge in [0.25, 0.3) is 0 Å². The fourth-order valence-electron chi connectivity index (χ4n) is 6.18. The van der Waals surface area contributed by atoms with Crippen LogP contribution in [-0.2, 0) is 12.1 Å². The van der Waals surface area contributed by atoms with E-state index in [9.17, 15) is 4.79 Å². The average molecular weight is 431 g/mol. The number of rotatable bonds is 5. The quantitative estimate of drug-likeness (QED) is 0.514. The van der Waals surface area contributed by atoms with Crippen molar-refractivity contribution in [2.24, 2.45) is 17.8 Å². The van der Waals surface area contributed by atoms with Crippen LogP contribution in [-0.4, -0.2) is 17.5 Å². The lowest BCUT2D eigenvalue weighted by Gasteiger charge is -2.54. The van der Waals surface area contributed by atoms with Gasteiger partial charge in [-0.1, -0.05) is 0 Å². The Bertz CT molecular complexity index is 792. The molecule has 4 aliphatic rings. The molecule has 0 amide bonds. The summed E-state index contributed by atoms with van der Waals surface area (Å²) in [6.07, 6.45) is 14.8. The molecule has 5 heteroatoms. The zero-order chi connectivity index (χ0) is 17.7. The Hall–Kier alpha value is -1.62. The third kappa shape index (κ3) is 3.35. The molecule has 1 aromatic carbocycles. The van der Waals surface area contributed by atoms with Gasteiger partial charge < -0.3 is 21.7 Å². The van der Waals surface area contributed by atoms with Crippen LogP contribution in [0.15, 0.2) is 43.0 Å². The van der Waals surface area contributed by atoms with Gasteiger partial charge in [0, 0.05) is 5.56 Å². The minimum absolute atomic E-state index is 0. The van der Waals surface area contributed by atoms with Crippen LogP contribution in [0.3, 0.4) is 0 Å². The Kier molecular flexibility index (Phi) is 4.91. The number of nitrogens with zero attached hydrogens (tertiary/aromatic N) is 2. The summed E-state index contributed by atoms with van der Waals surface area (Å²) in [6, 6.07) is 7.38. The molecular formula is C22H27BrN2O2. The molecule has 27 heavy (non-hydrogen) atoms. The summed E-state index contributed by atoms with van der Waals surface area (Å²) < 4.78 is 9.66. The van der Waals surface area contributed by atoms with Crippen molar-refractivity contribution in [3.63, 3.8) is 0 Å². The van der Waals surface area contributed by atoms with Crippen LogP contribution in [0.5, 0.6) is 5.75 Å². The van der Waals surface area contributed by atoms with E-state index in [0.29, 0.717) is 12.1 Å². The Labute approximate surface area is 171 Å². The molecule has 0 spiro atoms. The predicted octanol–water partition coefficient (Wildman–Crippen LogP) is 0.596. The number of methoxy groups -OCH3 is 1. The van der Waals surface area contributed by atoms with E-state index in [-0.39, 0.29) is 22.8 Å². The van der Waals surface area contributed by atoms with Crippen LogP contribution < -0.4 is 26.3 Å². The summed E-state index contributed by atoms with van der Waals surface area (Å²) in [5.74, 6) is 3.71. The molecule has 0 radical (unpaired) electrons. The first-order chi connectivity index (χ1) is 12.6. The van der Waals surface area contributed by atoms with E-state index in [1.165, 1.54) is 38.5 Å². The number of carbonyl (C=O) groups excluding carboxylic acids is 1. The van der Waals surface area contributed by atoms with Gasteiger partial charge >= 0.3 is 0 Å². The molecule has 4 saturated carbocycles. The van der Waals surface area contributed by atoms with Gasteiger partial charge in [-0.25, -0.2) is 9.13 Å². The van der Waals surface area contributed by atoms with E-state index in [4.69, 9.17) is 4.74 Å². The lowest BCUT2D eigenvalue weighted by Crippen LogP contribution is -3.00. The van der Waals surface area contributed by atoms with Crippen molar-refractivity contribution in [2.45, 2.75) is 50.6 Å². The van der Waals surface area contributed by atoms with Gasteiger partial charge in [-0.3, -0.25) is 4.79 Å². The van der Waals surface area contributed by atoms with E-state index in [2.05, 4.69) is 23.3 Å². The van der Waals surface area contributed by atoms with Crippen LogP contribution in [0.1, 0.15) is 48.9 Å². The monoisotopic (exact) mass is 430 g/mol. The van der Waals surface area contributed by atoms with Crippen molar-refractivity contribution in [1.82, 2.24) is 4.57 Å². The van der Waals surface area contributed by atoms with Crippen molar-refractivity contribution in [1.29, 1.82) is 0 Å². The second kappa shape index (κ2) is 7.08. The minimum atomic E-state index is 0. The predicted molar refractivity (Wildman–Crippen MR) is 98.1 cm³/mol. The Morgan fingerprint density at radius 1 is 1.11 bits per heavy atom. The van der Waals surface area contributed by atoms with Gasteiger partial charge in [-0.15, -0.1) is 0 Å². The molecule has 0 unspecified atom stereocenters. The summed E-state index contributed by atoms with van der Waals surface area (Å²) in [5.41, 5.74) is 1.06. The highest BCUT2D eigenvalue weighted by Crippen LogP contribution is 2.58. The van der Waals surface area contributed by atoms with Crippen molar-refractivity contribution in [2.75, 3.05) is 7.11 Å². The van der Waals surface area contributed by atoms with E-state index in [1.807, 2.05) is 28.8 Å². The third-order valence-corrected chi connectivity index (χ3v) is 6.98. The largest absolute Gasteiger partial charge is 1.00 e. The summed E-state index contributed by atoms with van der Waals surface area (Å²) in [7, 11) is 1.64. The summed E-state index contributed by atoms with van der Waals surface area (Å²) in [5, 5.41) is 0. The number of carbonyl (C=O) groups is 1. The van der Waals surface area contributed by atoms with E-state index in [1.54, 1.807) is 7.11 Å². The van der Waals surface area contributed by atoms with Crippen molar-refractivity contribution >= 4 is 5.78 Å². The van der Waals surface area contributed by atoms with E-state index < -0.39 is 0 Å². The standard InChI is InChI=1S/C22H27N2O2.BrH/c1-26-20-4-2-19(3-5-20)21(25)14-23-6-7-24(15-23)22-11-16-8-17(12-22)10-18(9-16)13-22;/h2-7,15-18H,8-14H2,1H3;1H/q+1;/p-1. The van der Waals surface area contributed by atoms with Crippen molar-refractivity contribution in [3.8, 4) is 5.75 Å². The molecule has 0 N–H and O–H groups in total. The highest BCUT2D eigenvalue weighted by Gasteiger charge is 2.54. The van der Waals surface area contributed by atoms with Gasteiger partial charge in [0.15, 0.2) is 6.54 Å². The average Bonchev–Trinajstić information content (AvgIpc) is 3.10. The third-order valence-electron chi connectivity index (χ3n) is 6.98. The molecule has 6 rings (SSSR count). The molecule has 4 bridgehead atoms. The second-order valence-electron chi connectivity index (χ2n) is 8.79. The number of hydrogen-bond donors (Lipinski definition) is 0. The molecule has 144 valence electrons. The summed E-state index contributed by atoms with van der Waals surface area (Å²) in [6.45, 7) is 0.395. The molecule has 1 aromatic heterocycles. The Morgan fingerprint density at radius 2 is 1.70 bits per heavy atom. The van der Waals surface area contributed by atoms with Crippen LogP contribution in [0.25, 0.3) is 0 Å². The maximum absolute atomic E-state index is 12.6. The van der Waals surface area contributed by atoms with Crippen LogP contribution in [0, 0.1) is 17.8 Å². The first kappa shape index (κ1) is 18.7. The first-order valence-corrected chi connectivity index (χ1v) is 9.88. The highest BCUT2D eigenvalue weighted by atomic mass is 79.9. The number of imidazole rings is 1. The number of ketones is 1. The van der Waals surface area contributed by atoms with Crippen LogP contribution in [0.4, 0.5) is 0 Å². The molecule has 2 aromatic rings. The molecule has 0 saturated heterocycles. The first-order valence-electron chi connectivity index (χ1n) is 9.88. The SMILES string of the molecule is COc1ccc(C(=O)C[n+]2ccn(C34CC5CC(CC(C5)C3)C4)c2)cc1.[Br-]. The summed E-state index contributed by atoms with van der Waals surface area (Å²) in [4.78, 5) is 12.6. The number of ether oxygens (including phenoxy) is 1. The Morgan fingerprint density at radius 3 is 2.26 bits per heavy atom. The molecule has 0 aliphatic heterocycles. The number of Topliss-reactive ketones (excluding diaryl/α,β-unsaturated/α-hetero) is 1. The second-order valence-corrected chi connectivity index (χ2v) is 8.79. The lowest BCUT2D eigenvalue weighted by atomic mass is 9.53. The van der Waals surface area contributed by atoms with Gasteiger partial charge in [0.2, 0.25) is 12.1 Å². The zero-order valence-electron chi connectivity index (χ0n) is 15.8. The number of halogens is 1. The highest BCUT2D eigenvalue weighted by molar-refractivity contribution is 5.95. The van der Waals surface area contributed by atoms with Crippen LogP contribution >= 0.6 is 0 Å². The number of benzene rings is 1. The Balaban J connectivity index is 0.00000180. The van der Waals surface area contributed by atoms with Crippen LogP contribution in [0.2, 0.25) is 0 Å². The van der Waals surface area contributed by atoms with E-state index in [0.717, 1.165) is 29.1 Å². The maximum Gasteiger partial charge on any atom is 0.244 e. The van der Waals surface area contributed by atoms with Gasteiger partial charge in [-0.2, -0.15) is 0 Å². The fourth-order valence-corrected chi connectivity index (χ4v) is 6.18. The lowest BCUT2D eigenvalue weighted by molar-refractivity contribution is -0.683. The van der Waals surface area contributed by atoms with Crippen molar-refractivity contribution in [3.05, 3.63) is 48.5 Å². The van der Waals surface area contributed by atoms with Gasteiger partial charge in [0.05, 0.1) is 7.11 Å². The maximum atomic E-state index is 12.6. The smallest absolute Gasteiger partial charge is 0.244 e. The number of hydrogen-bond acceptors (Lipinski definition) is 2. The molecular weight excluding hydrogens is 404 g/mol. The molecule has 1 heterocycles. The number of aromatic nitrogens is 2. The molecule has 4 aliphatic carbocycles. The fraction of sp³-hybridized carbons (Fsp3) is 0.545. The molecule has 4 nitrogen and oxygen atoms in total. The van der Waals surface area contributed by atoms with Gasteiger partial charge in [0.1, 0.15) is 23.7 Å². The van der Waals surface area contributed by atoms with E-state index >= 15 is 0 Å². The molecule has 4 fully saturated rings. The summed E-state index contributed by atoms with van der Waals surface area (Å²) >= 11 is 0. The van der Waals surface area contributed by atoms with Gasteiger partial charge in [-0.05, 0) is 80.5 Å². The molecule has 0 atom stereocenters.